The first-order valence-electron chi connectivity index (χ1n) is 4.33. The molecule has 16 heavy (non-hydrogen) atoms. The highest BCUT2D eigenvalue weighted by Gasteiger charge is 2.14. The van der Waals surface area contributed by atoms with Crippen LogP contribution in [0.1, 0.15) is 0 Å². The monoisotopic (exact) mass is 375 g/mol. The van der Waals surface area contributed by atoms with Crippen molar-refractivity contribution in [3.05, 3.63) is 25.9 Å². The Morgan fingerprint density at radius 3 is 2.69 bits per heavy atom. The maximum absolute atomic E-state index is 13.5. The van der Waals surface area contributed by atoms with Crippen molar-refractivity contribution < 1.29 is 14.6 Å². The highest BCUT2D eigenvalue weighted by molar-refractivity contribution is 9.11. The maximum Gasteiger partial charge on any atom is 0.153 e. The summed E-state index contributed by atoms with van der Waals surface area (Å²) < 4.78 is 13.9. The third kappa shape index (κ3) is 3.30. The molecule has 1 aromatic rings. The average molecular weight is 377 g/mol. The van der Waals surface area contributed by atoms with E-state index in [0.29, 0.717) is 10.7 Å². The SMILES string of the molecule is OCC(O)CNc1c(Cl)cc(Br)c(F)c1Br. The summed E-state index contributed by atoms with van der Waals surface area (Å²) in [6, 6.07) is 1.41. The highest BCUT2D eigenvalue weighted by Crippen LogP contribution is 2.37. The van der Waals surface area contributed by atoms with E-state index in [1.807, 2.05) is 0 Å². The lowest BCUT2D eigenvalue weighted by atomic mass is 10.3. The van der Waals surface area contributed by atoms with Gasteiger partial charge in [-0.2, -0.15) is 0 Å². The topological polar surface area (TPSA) is 52.5 Å². The van der Waals surface area contributed by atoms with Crippen molar-refractivity contribution >= 4 is 49.1 Å². The maximum atomic E-state index is 13.5. The van der Waals surface area contributed by atoms with Gasteiger partial charge in [0.15, 0.2) is 5.82 Å². The van der Waals surface area contributed by atoms with E-state index in [1.165, 1.54) is 6.07 Å². The molecule has 0 bridgehead atoms. The third-order valence-electron chi connectivity index (χ3n) is 1.84. The number of hydrogen-bond donors (Lipinski definition) is 3. The van der Waals surface area contributed by atoms with E-state index in [2.05, 4.69) is 37.2 Å². The van der Waals surface area contributed by atoms with E-state index in [9.17, 15) is 4.39 Å². The van der Waals surface area contributed by atoms with E-state index in [-0.39, 0.29) is 22.1 Å². The Bertz CT molecular complexity index is 392. The second kappa shape index (κ2) is 6.16. The van der Waals surface area contributed by atoms with Crippen molar-refractivity contribution in [2.45, 2.75) is 6.10 Å². The van der Waals surface area contributed by atoms with Crippen LogP contribution in [0.4, 0.5) is 10.1 Å². The molecule has 1 atom stereocenters. The van der Waals surface area contributed by atoms with Crippen LogP contribution in [-0.2, 0) is 0 Å². The number of halogens is 4. The lowest BCUT2D eigenvalue weighted by molar-refractivity contribution is 0.105. The molecule has 90 valence electrons. The van der Waals surface area contributed by atoms with Crippen LogP contribution in [-0.4, -0.2) is 29.5 Å². The van der Waals surface area contributed by atoms with Crippen molar-refractivity contribution in [3.63, 3.8) is 0 Å². The summed E-state index contributed by atoms with van der Waals surface area (Å²) >= 11 is 12.0. The van der Waals surface area contributed by atoms with Gasteiger partial charge in [-0.25, -0.2) is 4.39 Å². The number of anilines is 1. The van der Waals surface area contributed by atoms with Gasteiger partial charge < -0.3 is 15.5 Å². The molecule has 1 unspecified atom stereocenters. The standard InChI is InChI=1S/C9H9Br2ClFNO2/c10-5-1-6(12)9(7(11)8(5)13)14-2-4(16)3-15/h1,4,14-16H,2-3H2. The van der Waals surface area contributed by atoms with Gasteiger partial charge in [-0.05, 0) is 37.9 Å². The Morgan fingerprint density at radius 1 is 1.50 bits per heavy atom. The van der Waals surface area contributed by atoms with Crippen molar-refractivity contribution in [1.82, 2.24) is 0 Å². The van der Waals surface area contributed by atoms with Crippen LogP contribution in [0.3, 0.4) is 0 Å². The molecule has 0 aliphatic heterocycles. The minimum Gasteiger partial charge on any atom is -0.394 e. The van der Waals surface area contributed by atoms with E-state index in [4.69, 9.17) is 21.8 Å². The van der Waals surface area contributed by atoms with E-state index in [1.54, 1.807) is 0 Å². The van der Waals surface area contributed by atoms with E-state index >= 15 is 0 Å². The Labute approximate surface area is 114 Å². The smallest absolute Gasteiger partial charge is 0.153 e. The fourth-order valence-corrected chi connectivity index (χ4v) is 2.79. The van der Waals surface area contributed by atoms with Gasteiger partial charge in [-0.15, -0.1) is 0 Å². The largest absolute Gasteiger partial charge is 0.394 e. The van der Waals surface area contributed by atoms with Crippen LogP contribution < -0.4 is 5.32 Å². The van der Waals surface area contributed by atoms with Crippen LogP contribution in [0.25, 0.3) is 0 Å². The summed E-state index contributed by atoms with van der Waals surface area (Å²) in [6.07, 6.45) is -0.922. The fraction of sp³-hybridized carbons (Fsp3) is 0.333. The second-order valence-electron chi connectivity index (χ2n) is 3.06. The molecule has 0 fully saturated rings. The number of rotatable bonds is 4. The van der Waals surface area contributed by atoms with Crippen LogP contribution >= 0.6 is 43.5 Å². The molecule has 3 nitrogen and oxygen atoms in total. The quantitative estimate of drug-likeness (QED) is 0.559. The summed E-state index contributed by atoms with van der Waals surface area (Å²) in [5, 5.41) is 20.8. The Kier molecular flexibility index (Phi) is 5.46. The first-order valence-corrected chi connectivity index (χ1v) is 6.29. The van der Waals surface area contributed by atoms with Gasteiger partial charge in [-0.1, -0.05) is 11.6 Å². The number of nitrogens with one attached hydrogen (secondary N) is 1. The van der Waals surface area contributed by atoms with Crippen LogP contribution in [0.2, 0.25) is 5.02 Å². The minimum atomic E-state index is -0.922. The molecule has 0 heterocycles. The molecule has 0 saturated carbocycles. The average Bonchev–Trinajstić information content (AvgIpc) is 2.25. The molecule has 1 aromatic carbocycles. The van der Waals surface area contributed by atoms with Gasteiger partial charge in [0.05, 0.1) is 32.4 Å². The summed E-state index contributed by atoms with van der Waals surface area (Å²) in [6.45, 7) is -0.295. The molecule has 0 radical (unpaired) electrons. The van der Waals surface area contributed by atoms with Gasteiger partial charge >= 0.3 is 0 Å². The zero-order chi connectivity index (χ0) is 12.3. The molecule has 0 amide bonds. The summed E-state index contributed by atoms with van der Waals surface area (Å²) in [4.78, 5) is 0. The Balaban J connectivity index is 2.92. The number of aliphatic hydroxyl groups is 2. The number of benzene rings is 1. The lowest BCUT2D eigenvalue weighted by Gasteiger charge is -2.14. The van der Waals surface area contributed by atoms with Gasteiger partial charge in [0.2, 0.25) is 0 Å². The second-order valence-corrected chi connectivity index (χ2v) is 5.12. The normalized spacial score (nSPS) is 12.6. The van der Waals surface area contributed by atoms with Crippen molar-refractivity contribution in [1.29, 1.82) is 0 Å². The highest BCUT2D eigenvalue weighted by atomic mass is 79.9. The fourth-order valence-electron chi connectivity index (χ4n) is 1.01. The first kappa shape index (κ1) is 14.2. The van der Waals surface area contributed by atoms with Crippen molar-refractivity contribution in [2.75, 3.05) is 18.5 Å². The minimum absolute atomic E-state index is 0.0793. The molecule has 0 aliphatic carbocycles. The van der Waals surface area contributed by atoms with Crippen LogP contribution in [0, 0.1) is 5.82 Å². The molecule has 7 heteroatoms. The Hall–Kier alpha value is 0.120. The van der Waals surface area contributed by atoms with Gasteiger partial charge in [0.25, 0.3) is 0 Å². The van der Waals surface area contributed by atoms with Crippen LogP contribution in [0.15, 0.2) is 15.0 Å². The molecule has 1 rings (SSSR count). The van der Waals surface area contributed by atoms with Gasteiger partial charge in [0.1, 0.15) is 0 Å². The third-order valence-corrected chi connectivity index (χ3v) is 3.46. The zero-order valence-electron chi connectivity index (χ0n) is 7.98. The predicted octanol–water partition coefficient (Wildman–Crippen LogP) is 2.77. The molecule has 0 saturated heterocycles. The summed E-state index contributed by atoms with van der Waals surface area (Å²) in [5.41, 5.74) is 0.342. The lowest BCUT2D eigenvalue weighted by Crippen LogP contribution is -2.23. The number of hydrogen-bond acceptors (Lipinski definition) is 3. The van der Waals surface area contributed by atoms with E-state index in [0.717, 1.165) is 0 Å². The molecule has 3 N–H and O–H groups in total. The molecular formula is C9H9Br2ClFNO2. The predicted molar refractivity (Wildman–Crippen MR) is 68.4 cm³/mol. The van der Waals surface area contributed by atoms with Crippen LogP contribution in [0.5, 0.6) is 0 Å². The summed E-state index contributed by atoms with van der Waals surface area (Å²) in [7, 11) is 0. The van der Waals surface area contributed by atoms with Gasteiger partial charge in [-0.3, -0.25) is 0 Å². The van der Waals surface area contributed by atoms with Crippen molar-refractivity contribution in [2.24, 2.45) is 0 Å². The molecule has 0 spiro atoms. The molecular weight excluding hydrogens is 368 g/mol. The first-order chi connectivity index (χ1) is 7.47. The summed E-state index contributed by atoms with van der Waals surface area (Å²) in [5.74, 6) is -0.481. The van der Waals surface area contributed by atoms with E-state index < -0.39 is 11.9 Å². The number of aliphatic hydroxyl groups excluding tert-OH is 2. The Morgan fingerprint density at radius 2 is 2.12 bits per heavy atom. The zero-order valence-corrected chi connectivity index (χ0v) is 11.9. The van der Waals surface area contributed by atoms with Gasteiger partial charge in [0, 0.05) is 6.54 Å². The van der Waals surface area contributed by atoms with Crippen molar-refractivity contribution in [3.8, 4) is 0 Å². The molecule has 0 aromatic heterocycles. The molecule has 0 aliphatic rings.